The van der Waals surface area contributed by atoms with E-state index in [9.17, 15) is 14.9 Å². The van der Waals surface area contributed by atoms with Gasteiger partial charge in [-0.05, 0) is 18.2 Å². The molecule has 0 spiro atoms. The monoisotopic (exact) mass is 313 g/mol. The molecule has 0 saturated heterocycles. The zero-order chi connectivity index (χ0) is 14.9. The van der Waals surface area contributed by atoms with Crippen molar-refractivity contribution in [2.45, 2.75) is 0 Å². The number of carbonyl (C=O) groups is 1. The van der Waals surface area contributed by atoms with Crippen LogP contribution in [0.3, 0.4) is 0 Å². The fourth-order valence-electron chi connectivity index (χ4n) is 1.64. The topological polar surface area (TPSA) is 77.2 Å². The van der Waals surface area contributed by atoms with E-state index in [2.05, 4.69) is 5.32 Å². The zero-order valence-corrected chi connectivity index (χ0v) is 11.8. The van der Waals surface area contributed by atoms with Crippen LogP contribution in [-0.2, 0) is 7.05 Å². The third-order valence-electron chi connectivity index (χ3n) is 2.61. The zero-order valence-electron chi connectivity index (χ0n) is 10.3. The van der Waals surface area contributed by atoms with Crippen LogP contribution >= 0.6 is 23.2 Å². The molecule has 0 fully saturated rings. The molecule has 6 nitrogen and oxygen atoms in total. The van der Waals surface area contributed by atoms with E-state index in [1.54, 1.807) is 19.2 Å². The van der Waals surface area contributed by atoms with Crippen LogP contribution in [0.5, 0.6) is 0 Å². The highest BCUT2D eigenvalue weighted by atomic mass is 35.5. The summed E-state index contributed by atoms with van der Waals surface area (Å²) in [5.41, 5.74) is 0.475. The van der Waals surface area contributed by atoms with E-state index in [4.69, 9.17) is 23.2 Å². The molecule has 8 heteroatoms. The molecule has 1 heterocycles. The molecule has 0 bridgehead atoms. The molecule has 0 aliphatic heterocycles. The van der Waals surface area contributed by atoms with Gasteiger partial charge in [-0.2, -0.15) is 0 Å². The molecule has 0 saturated carbocycles. The van der Waals surface area contributed by atoms with Gasteiger partial charge in [-0.1, -0.05) is 23.2 Å². The van der Waals surface area contributed by atoms with E-state index in [-0.39, 0.29) is 11.4 Å². The van der Waals surface area contributed by atoms with Crippen LogP contribution in [0.1, 0.15) is 10.5 Å². The van der Waals surface area contributed by atoms with Gasteiger partial charge in [0.15, 0.2) is 0 Å². The van der Waals surface area contributed by atoms with Crippen LogP contribution in [0.2, 0.25) is 10.0 Å². The molecule has 104 valence electrons. The molecule has 20 heavy (non-hydrogen) atoms. The largest absolute Gasteiger partial charge is 0.340 e. The number of anilines is 1. The Labute approximate surface area is 124 Å². The molecule has 1 N–H and O–H groups in total. The van der Waals surface area contributed by atoms with Crippen LogP contribution < -0.4 is 5.32 Å². The van der Waals surface area contributed by atoms with E-state index < -0.39 is 10.8 Å². The number of hydrogen-bond donors (Lipinski definition) is 1. The second kappa shape index (κ2) is 5.52. The van der Waals surface area contributed by atoms with Crippen molar-refractivity contribution in [2.24, 2.45) is 7.05 Å². The van der Waals surface area contributed by atoms with Gasteiger partial charge in [0.25, 0.3) is 11.6 Å². The molecule has 0 radical (unpaired) electrons. The first-order chi connectivity index (χ1) is 9.38. The number of benzene rings is 1. The van der Waals surface area contributed by atoms with Crippen LogP contribution in [0, 0.1) is 10.1 Å². The Kier molecular flexibility index (Phi) is 3.96. The smallest absolute Gasteiger partial charge is 0.287 e. The minimum atomic E-state index is -0.560. The van der Waals surface area contributed by atoms with Gasteiger partial charge in [-0.15, -0.1) is 0 Å². The minimum absolute atomic E-state index is 0.146. The van der Waals surface area contributed by atoms with Gasteiger partial charge >= 0.3 is 0 Å². The lowest BCUT2D eigenvalue weighted by atomic mass is 10.3. The van der Waals surface area contributed by atoms with Gasteiger partial charge in [0, 0.05) is 18.8 Å². The van der Waals surface area contributed by atoms with Crippen molar-refractivity contribution in [3.05, 3.63) is 56.3 Å². The summed E-state index contributed by atoms with van der Waals surface area (Å²) < 4.78 is 1.38. The summed E-state index contributed by atoms with van der Waals surface area (Å²) in [6.07, 6.45) is 1.27. The molecular weight excluding hydrogens is 305 g/mol. The van der Waals surface area contributed by atoms with Gasteiger partial charge in [0.05, 0.1) is 21.2 Å². The lowest BCUT2D eigenvalue weighted by molar-refractivity contribution is -0.384. The maximum atomic E-state index is 12.0. The second-order valence-corrected chi connectivity index (χ2v) is 4.85. The van der Waals surface area contributed by atoms with E-state index in [1.165, 1.54) is 22.9 Å². The first kappa shape index (κ1) is 14.4. The number of amides is 1. The highest BCUT2D eigenvalue weighted by molar-refractivity contribution is 6.42. The highest BCUT2D eigenvalue weighted by Crippen LogP contribution is 2.25. The number of nitrogens with one attached hydrogen (secondary N) is 1. The number of nitrogens with zero attached hydrogens (tertiary/aromatic N) is 2. The second-order valence-electron chi connectivity index (χ2n) is 4.03. The number of carbonyl (C=O) groups excluding carboxylic acids is 1. The van der Waals surface area contributed by atoms with Gasteiger partial charge in [-0.3, -0.25) is 14.9 Å². The quantitative estimate of drug-likeness (QED) is 0.696. The van der Waals surface area contributed by atoms with Crippen molar-refractivity contribution in [3.63, 3.8) is 0 Å². The SMILES string of the molecule is Cn1cc([N+](=O)[O-])cc1C(=O)Nc1ccc(Cl)c(Cl)c1. The summed E-state index contributed by atoms with van der Waals surface area (Å²) in [7, 11) is 1.55. The fraction of sp³-hybridized carbons (Fsp3) is 0.0833. The molecule has 0 aliphatic rings. The minimum Gasteiger partial charge on any atom is -0.340 e. The molecule has 1 aromatic heterocycles. The third kappa shape index (κ3) is 2.92. The standard InChI is InChI=1S/C12H9Cl2N3O3/c1-16-6-8(17(19)20)5-11(16)12(18)15-7-2-3-9(13)10(14)4-7/h2-6H,1H3,(H,15,18). The lowest BCUT2D eigenvalue weighted by Gasteiger charge is -2.06. The summed E-state index contributed by atoms with van der Waals surface area (Å²) in [4.78, 5) is 22.1. The number of aromatic nitrogens is 1. The van der Waals surface area contributed by atoms with Crippen LogP contribution in [-0.4, -0.2) is 15.4 Å². The maximum Gasteiger partial charge on any atom is 0.287 e. The predicted octanol–water partition coefficient (Wildman–Crippen LogP) is 3.49. The van der Waals surface area contributed by atoms with Crippen LogP contribution in [0.15, 0.2) is 30.5 Å². The van der Waals surface area contributed by atoms with Crippen molar-refractivity contribution in [1.82, 2.24) is 4.57 Å². The molecular formula is C12H9Cl2N3O3. The van der Waals surface area contributed by atoms with E-state index in [1.807, 2.05) is 0 Å². The average Bonchev–Trinajstić information content (AvgIpc) is 2.76. The molecule has 2 aromatic rings. The van der Waals surface area contributed by atoms with Crippen molar-refractivity contribution < 1.29 is 9.72 Å². The summed E-state index contributed by atoms with van der Waals surface area (Å²) >= 11 is 11.6. The first-order valence-corrected chi connectivity index (χ1v) is 6.21. The van der Waals surface area contributed by atoms with Crippen molar-refractivity contribution in [2.75, 3.05) is 5.32 Å². The predicted molar refractivity (Wildman–Crippen MR) is 76.5 cm³/mol. The number of hydrogen-bond acceptors (Lipinski definition) is 3. The van der Waals surface area contributed by atoms with Crippen molar-refractivity contribution in [1.29, 1.82) is 0 Å². The van der Waals surface area contributed by atoms with E-state index in [0.717, 1.165) is 0 Å². The van der Waals surface area contributed by atoms with E-state index in [0.29, 0.717) is 15.7 Å². The van der Waals surface area contributed by atoms with Gasteiger partial charge < -0.3 is 9.88 Å². The third-order valence-corrected chi connectivity index (χ3v) is 3.35. The summed E-state index contributed by atoms with van der Waals surface area (Å²) in [5.74, 6) is -0.473. The normalized spacial score (nSPS) is 10.3. The average molecular weight is 314 g/mol. The van der Waals surface area contributed by atoms with Gasteiger partial charge in [0.1, 0.15) is 5.69 Å². The Morgan fingerprint density at radius 3 is 2.55 bits per heavy atom. The Morgan fingerprint density at radius 1 is 1.30 bits per heavy atom. The van der Waals surface area contributed by atoms with Gasteiger partial charge in [-0.25, -0.2) is 0 Å². The number of rotatable bonds is 3. The summed E-state index contributed by atoms with van der Waals surface area (Å²) in [6, 6.07) is 5.84. The Morgan fingerprint density at radius 2 is 2.00 bits per heavy atom. The molecule has 1 amide bonds. The van der Waals surface area contributed by atoms with Crippen LogP contribution in [0.25, 0.3) is 0 Å². The first-order valence-electron chi connectivity index (χ1n) is 5.45. The van der Waals surface area contributed by atoms with Crippen LogP contribution in [0.4, 0.5) is 11.4 Å². The van der Waals surface area contributed by atoms with E-state index >= 15 is 0 Å². The highest BCUT2D eigenvalue weighted by Gasteiger charge is 2.17. The summed E-state index contributed by atoms with van der Waals surface area (Å²) in [5, 5.41) is 13.9. The molecule has 0 aliphatic carbocycles. The summed E-state index contributed by atoms with van der Waals surface area (Å²) in [6.45, 7) is 0. The Bertz CT molecular complexity index is 697. The number of nitro groups is 1. The molecule has 0 atom stereocenters. The number of halogens is 2. The van der Waals surface area contributed by atoms with Crippen molar-refractivity contribution in [3.8, 4) is 0 Å². The Hall–Kier alpha value is -2.05. The molecule has 0 unspecified atom stereocenters. The fourth-order valence-corrected chi connectivity index (χ4v) is 1.94. The Balaban J connectivity index is 2.23. The number of aryl methyl sites for hydroxylation is 1. The van der Waals surface area contributed by atoms with Crippen molar-refractivity contribution >= 4 is 40.5 Å². The maximum absolute atomic E-state index is 12.0. The molecule has 2 rings (SSSR count). The van der Waals surface area contributed by atoms with Gasteiger partial charge in [0.2, 0.25) is 0 Å². The lowest BCUT2D eigenvalue weighted by Crippen LogP contribution is -2.15. The molecule has 1 aromatic carbocycles.